The first-order valence-corrected chi connectivity index (χ1v) is 4.54. The molecule has 0 fully saturated rings. The Labute approximate surface area is 84.5 Å². The molecule has 1 N–H and O–H groups in total. The zero-order valence-electron chi connectivity index (χ0n) is 8.29. The SMILES string of the molecule is C#CCCCNc1ccc(OC)cn1. The third kappa shape index (κ3) is 3.36. The summed E-state index contributed by atoms with van der Waals surface area (Å²) in [6, 6.07) is 3.76. The maximum absolute atomic E-state index is 5.14. The van der Waals surface area contributed by atoms with Crippen LogP contribution in [0.15, 0.2) is 18.3 Å². The number of methoxy groups -OCH3 is 1. The van der Waals surface area contributed by atoms with Gasteiger partial charge < -0.3 is 10.1 Å². The lowest BCUT2D eigenvalue weighted by molar-refractivity contribution is 0.413. The number of hydrogen-bond acceptors (Lipinski definition) is 3. The summed E-state index contributed by atoms with van der Waals surface area (Å²) >= 11 is 0. The zero-order chi connectivity index (χ0) is 10.2. The molecule has 1 aromatic heterocycles. The molecule has 74 valence electrons. The number of aromatic nitrogens is 1. The van der Waals surface area contributed by atoms with Gasteiger partial charge in [-0.2, -0.15) is 0 Å². The molecule has 0 atom stereocenters. The van der Waals surface area contributed by atoms with E-state index < -0.39 is 0 Å². The summed E-state index contributed by atoms with van der Waals surface area (Å²) in [6.07, 6.45) is 8.58. The summed E-state index contributed by atoms with van der Waals surface area (Å²) in [4.78, 5) is 4.16. The van der Waals surface area contributed by atoms with Crippen molar-refractivity contribution in [3.63, 3.8) is 0 Å². The highest BCUT2D eigenvalue weighted by Crippen LogP contribution is 2.10. The largest absolute Gasteiger partial charge is 0.495 e. The number of anilines is 1. The lowest BCUT2D eigenvalue weighted by Gasteiger charge is -2.04. The van der Waals surface area contributed by atoms with E-state index in [1.54, 1.807) is 13.3 Å². The molecule has 0 bridgehead atoms. The van der Waals surface area contributed by atoms with Gasteiger partial charge in [-0.05, 0) is 18.6 Å². The number of nitrogens with zero attached hydrogens (tertiary/aromatic N) is 1. The van der Waals surface area contributed by atoms with Crippen molar-refractivity contribution >= 4 is 5.82 Å². The highest BCUT2D eigenvalue weighted by atomic mass is 16.5. The van der Waals surface area contributed by atoms with Crippen LogP contribution >= 0.6 is 0 Å². The highest BCUT2D eigenvalue weighted by molar-refractivity contribution is 5.37. The maximum Gasteiger partial charge on any atom is 0.137 e. The van der Waals surface area contributed by atoms with E-state index in [9.17, 15) is 0 Å². The summed E-state index contributed by atoms with van der Waals surface area (Å²) < 4.78 is 5.00. The van der Waals surface area contributed by atoms with Crippen LogP contribution in [-0.4, -0.2) is 18.6 Å². The van der Waals surface area contributed by atoms with Gasteiger partial charge in [0.2, 0.25) is 0 Å². The molecule has 14 heavy (non-hydrogen) atoms. The van der Waals surface area contributed by atoms with E-state index in [0.29, 0.717) is 0 Å². The highest BCUT2D eigenvalue weighted by Gasteiger charge is 1.93. The van der Waals surface area contributed by atoms with E-state index in [4.69, 9.17) is 11.2 Å². The Kier molecular flexibility index (Phi) is 4.36. The number of nitrogens with one attached hydrogen (secondary N) is 1. The molecule has 0 unspecified atom stereocenters. The summed E-state index contributed by atoms with van der Waals surface area (Å²) in [5.41, 5.74) is 0. The van der Waals surface area contributed by atoms with Crippen LogP contribution in [0.2, 0.25) is 0 Å². The van der Waals surface area contributed by atoms with Gasteiger partial charge in [0.15, 0.2) is 0 Å². The monoisotopic (exact) mass is 190 g/mol. The second-order valence-corrected chi connectivity index (χ2v) is 2.82. The van der Waals surface area contributed by atoms with Crippen molar-refractivity contribution in [3.05, 3.63) is 18.3 Å². The lowest BCUT2D eigenvalue weighted by Crippen LogP contribution is -2.02. The molecule has 0 amide bonds. The van der Waals surface area contributed by atoms with Crippen LogP contribution in [-0.2, 0) is 0 Å². The van der Waals surface area contributed by atoms with Crippen LogP contribution in [0.5, 0.6) is 5.75 Å². The smallest absolute Gasteiger partial charge is 0.137 e. The molecule has 0 aliphatic rings. The molecular formula is C11H14N2O. The van der Waals surface area contributed by atoms with Gasteiger partial charge in [-0.1, -0.05) is 0 Å². The predicted molar refractivity (Wildman–Crippen MR) is 57.3 cm³/mol. The van der Waals surface area contributed by atoms with E-state index in [1.165, 1.54) is 0 Å². The van der Waals surface area contributed by atoms with E-state index in [-0.39, 0.29) is 0 Å². The molecule has 0 saturated carbocycles. The van der Waals surface area contributed by atoms with Crippen LogP contribution < -0.4 is 10.1 Å². The molecule has 0 radical (unpaired) electrons. The molecular weight excluding hydrogens is 176 g/mol. The van der Waals surface area contributed by atoms with Gasteiger partial charge in [-0.15, -0.1) is 12.3 Å². The molecule has 1 heterocycles. The van der Waals surface area contributed by atoms with Gasteiger partial charge >= 0.3 is 0 Å². The van der Waals surface area contributed by atoms with Crippen molar-refractivity contribution in [3.8, 4) is 18.1 Å². The number of ether oxygens (including phenoxy) is 1. The summed E-state index contributed by atoms with van der Waals surface area (Å²) in [5.74, 6) is 4.20. The fourth-order valence-corrected chi connectivity index (χ4v) is 1.01. The Bertz CT molecular complexity index is 300. The minimum Gasteiger partial charge on any atom is -0.495 e. The minimum atomic E-state index is 0.763. The number of pyridine rings is 1. The lowest BCUT2D eigenvalue weighted by atomic mass is 10.3. The van der Waals surface area contributed by atoms with Crippen LogP contribution in [0.3, 0.4) is 0 Å². The second-order valence-electron chi connectivity index (χ2n) is 2.82. The molecule has 3 heteroatoms. The Morgan fingerprint density at radius 3 is 3.00 bits per heavy atom. The summed E-state index contributed by atoms with van der Waals surface area (Å²) in [5, 5.41) is 3.17. The van der Waals surface area contributed by atoms with Crippen molar-refractivity contribution in [2.24, 2.45) is 0 Å². The first-order chi connectivity index (χ1) is 6.86. The first kappa shape index (κ1) is 10.4. The van der Waals surface area contributed by atoms with E-state index >= 15 is 0 Å². The Morgan fingerprint density at radius 2 is 2.43 bits per heavy atom. The van der Waals surface area contributed by atoms with E-state index in [0.717, 1.165) is 31.0 Å². The van der Waals surface area contributed by atoms with Gasteiger partial charge in [-0.25, -0.2) is 4.98 Å². The zero-order valence-corrected chi connectivity index (χ0v) is 8.29. The number of terminal acetylenes is 1. The van der Waals surface area contributed by atoms with Crippen molar-refractivity contribution in [1.82, 2.24) is 4.98 Å². The third-order valence-electron chi connectivity index (χ3n) is 1.78. The van der Waals surface area contributed by atoms with Crippen LogP contribution in [0.25, 0.3) is 0 Å². The molecule has 0 aliphatic carbocycles. The predicted octanol–water partition coefficient (Wildman–Crippen LogP) is 1.92. The first-order valence-electron chi connectivity index (χ1n) is 4.54. The average Bonchev–Trinajstić information content (AvgIpc) is 2.25. The van der Waals surface area contributed by atoms with E-state index in [1.807, 2.05) is 12.1 Å². The van der Waals surface area contributed by atoms with Crippen molar-refractivity contribution in [2.45, 2.75) is 12.8 Å². The number of hydrogen-bond donors (Lipinski definition) is 1. The van der Waals surface area contributed by atoms with Crippen LogP contribution in [0.1, 0.15) is 12.8 Å². The molecule has 0 aliphatic heterocycles. The number of rotatable bonds is 5. The molecule has 3 nitrogen and oxygen atoms in total. The van der Waals surface area contributed by atoms with Gasteiger partial charge in [0.05, 0.1) is 13.3 Å². The average molecular weight is 190 g/mol. The molecule has 0 saturated heterocycles. The summed E-state index contributed by atoms with van der Waals surface area (Å²) in [6.45, 7) is 0.851. The maximum atomic E-state index is 5.14. The normalized spacial score (nSPS) is 9.14. The quantitative estimate of drug-likeness (QED) is 0.569. The fraction of sp³-hybridized carbons (Fsp3) is 0.364. The van der Waals surface area contributed by atoms with Crippen molar-refractivity contribution in [1.29, 1.82) is 0 Å². The molecule has 0 aromatic carbocycles. The number of unbranched alkanes of at least 4 members (excludes halogenated alkanes) is 1. The minimum absolute atomic E-state index is 0.763. The van der Waals surface area contributed by atoms with Gasteiger partial charge in [0, 0.05) is 13.0 Å². The fourth-order valence-electron chi connectivity index (χ4n) is 1.01. The van der Waals surface area contributed by atoms with Crippen LogP contribution in [0, 0.1) is 12.3 Å². The van der Waals surface area contributed by atoms with Gasteiger partial charge in [0.25, 0.3) is 0 Å². The Morgan fingerprint density at radius 1 is 1.57 bits per heavy atom. The van der Waals surface area contributed by atoms with E-state index in [2.05, 4.69) is 16.2 Å². The topological polar surface area (TPSA) is 34.1 Å². The van der Waals surface area contributed by atoms with Gasteiger partial charge in [-0.3, -0.25) is 0 Å². The van der Waals surface area contributed by atoms with Gasteiger partial charge in [0.1, 0.15) is 11.6 Å². The second kappa shape index (κ2) is 5.87. The van der Waals surface area contributed by atoms with Crippen molar-refractivity contribution < 1.29 is 4.74 Å². The summed E-state index contributed by atoms with van der Waals surface area (Å²) in [7, 11) is 1.62. The molecule has 0 spiro atoms. The Balaban J connectivity index is 2.33. The third-order valence-corrected chi connectivity index (χ3v) is 1.78. The van der Waals surface area contributed by atoms with Crippen LogP contribution in [0.4, 0.5) is 5.82 Å². The molecule has 1 aromatic rings. The Hall–Kier alpha value is -1.69. The van der Waals surface area contributed by atoms with Crippen molar-refractivity contribution in [2.75, 3.05) is 19.0 Å². The molecule has 1 rings (SSSR count). The standard InChI is InChI=1S/C11H14N2O/c1-3-4-5-8-12-11-7-6-10(14-2)9-13-11/h1,6-7,9H,4-5,8H2,2H3,(H,12,13).